The Kier molecular flexibility index (Phi) is 12.0. The van der Waals surface area contributed by atoms with Gasteiger partial charge in [0, 0.05) is 12.5 Å². The first-order valence-electron chi connectivity index (χ1n) is 11.6. The highest BCUT2D eigenvalue weighted by Crippen LogP contribution is 2.44. The van der Waals surface area contributed by atoms with Gasteiger partial charge >= 0.3 is 5.97 Å². The van der Waals surface area contributed by atoms with E-state index in [4.69, 9.17) is 9.16 Å². The van der Waals surface area contributed by atoms with Crippen molar-refractivity contribution in [1.82, 2.24) is 0 Å². The van der Waals surface area contributed by atoms with Crippen LogP contribution in [0.2, 0.25) is 16.6 Å². The Balaban J connectivity index is 3.11. The zero-order valence-corrected chi connectivity index (χ0v) is 21.8. The molecule has 31 heavy (non-hydrogen) atoms. The number of carbonyl (C=O) groups is 1. The average Bonchev–Trinajstić information content (AvgIpc) is 2.72. The van der Waals surface area contributed by atoms with E-state index in [2.05, 4.69) is 64.5 Å². The first kappa shape index (κ1) is 27.8. The van der Waals surface area contributed by atoms with Crippen molar-refractivity contribution in [1.29, 1.82) is 0 Å². The van der Waals surface area contributed by atoms with E-state index in [0.717, 1.165) is 24.8 Å². The first-order valence-corrected chi connectivity index (χ1v) is 13.7. The SMILES string of the molecule is COC(=O)/C=C/C(C)=C/C[C@@H](C[C@@H]1C=CC[C@@H](CO)O1)O[Si](C(C)C)(C(C)C)C(C)C. The molecule has 178 valence electrons. The van der Waals surface area contributed by atoms with Crippen molar-refractivity contribution in [3.05, 3.63) is 36.0 Å². The Morgan fingerprint density at radius 3 is 2.29 bits per heavy atom. The fourth-order valence-electron chi connectivity index (χ4n) is 4.78. The molecule has 0 spiro atoms. The van der Waals surface area contributed by atoms with Gasteiger partial charge in [-0.2, -0.15) is 0 Å². The van der Waals surface area contributed by atoms with Crippen LogP contribution in [0, 0.1) is 0 Å². The van der Waals surface area contributed by atoms with Gasteiger partial charge in [-0.05, 0) is 36.4 Å². The van der Waals surface area contributed by atoms with Crippen LogP contribution < -0.4 is 0 Å². The maximum Gasteiger partial charge on any atom is 0.330 e. The molecular weight excluding hydrogens is 408 g/mol. The standard InChI is InChI=1S/C25H44O5Si/c1-18(2)31(19(3)4,20(5)6)30-23(14-12-21(7)13-15-25(27)28-8)16-22-10-9-11-24(17-26)29-22/h9-10,12-13,15,18-20,22-24,26H,11,14,16-17H2,1-8H3/b15-13+,21-12+/t22-,23-,24-/m0/s1. The van der Waals surface area contributed by atoms with Crippen LogP contribution in [0.15, 0.2) is 36.0 Å². The fraction of sp³-hybridized carbons (Fsp3) is 0.720. The van der Waals surface area contributed by atoms with E-state index in [-0.39, 0.29) is 30.9 Å². The number of ether oxygens (including phenoxy) is 2. The Hall–Kier alpha value is -1.21. The Morgan fingerprint density at radius 1 is 1.16 bits per heavy atom. The molecule has 1 rings (SSSR count). The third-order valence-corrected chi connectivity index (χ3v) is 12.4. The van der Waals surface area contributed by atoms with Gasteiger partial charge in [-0.3, -0.25) is 0 Å². The van der Waals surface area contributed by atoms with E-state index in [1.165, 1.54) is 13.2 Å². The van der Waals surface area contributed by atoms with Gasteiger partial charge in [-0.1, -0.05) is 71.4 Å². The van der Waals surface area contributed by atoms with Crippen molar-refractivity contribution >= 4 is 14.3 Å². The molecule has 1 N–H and O–H groups in total. The zero-order chi connectivity index (χ0) is 23.6. The molecule has 0 aliphatic carbocycles. The maximum atomic E-state index is 11.4. The van der Waals surface area contributed by atoms with Crippen LogP contribution in [0.1, 0.15) is 67.7 Å². The zero-order valence-electron chi connectivity index (χ0n) is 20.8. The summed E-state index contributed by atoms with van der Waals surface area (Å²) in [4.78, 5) is 11.4. The van der Waals surface area contributed by atoms with Crippen molar-refractivity contribution in [2.24, 2.45) is 0 Å². The van der Waals surface area contributed by atoms with E-state index in [0.29, 0.717) is 16.6 Å². The van der Waals surface area contributed by atoms with Crippen molar-refractivity contribution < 1.29 is 23.8 Å². The molecule has 0 aromatic rings. The number of hydrogen-bond donors (Lipinski definition) is 1. The van der Waals surface area contributed by atoms with Crippen molar-refractivity contribution in [2.45, 2.75) is 103 Å². The molecule has 0 aromatic heterocycles. The maximum absolute atomic E-state index is 11.4. The molecular formula is C25H44O5Si. The van der Waals surface area contributed by atoms with Gasteiger partial charge in [0.1, 0.15) is 0 Å². The number of esters is 1. The number of carbonyl (C=O) groups excluding carboxylic acids is 1. The predicted octanol–water partition coefficient (Wildman–Crippen LogP) is 5.71. The van der Waals surface area contributed by atoms with Gasteiger partial charge in [0.05, 0.1) is 32.0 Å². The lowest BCUT2D eigenvalue weighted by Crippen LogP contribution is -2.50. The molecule has 1 aliphatic rings. The van der Waals surface area contributed by atoms with Gasteiger partial charge in [-0.25, -0.2) is 4.79 Å². The first-order chi connectivity index (χ1) is 14.6. The van der Waals surface area contributed by atoms with E-state index in [1.807, 2.05) is 6.92 Å². The molecule has 0 unspecified atom stereocenters. The number of aliphatic hydroxyl groups is 1. The highest BCUT2D eigenvalue weighted by Gasteiger charge is 2.46. The van der Waals surface area contributed by atoms with Gasteiger partial charge in [0.25, 0.3) is 0 Å². The summed E-state index contributed by atoms with van der Waals surface area (Å²) in [5.74, 6) is -0.359. The van der Waals surface area contributed by atoms with Crippen LogP contribution in [-0.4, -0.2) is 51.4 Å². The van der Waals surface area contributed by atoms with Crippen LogP contribution in [0.4, 0.5) is 0 Å². The molecule has 3 atom stereocenters. The van der Waals surface area contributed by atoms with E-state index in [9.17, 15) is 9.90 Å². The minimum atomic E-state index is -2.07. The van der Waals surface area contributed by atoms with Crippen LogP contribution in [0.5, 0.6) is 0 Å². The molecule has 0 saturated carbocycles. The molecule has 1 heterocycles. The van der Waals surface area contributed by atoms with Gasteiger partial charge in [0.15, 0.2) is 0 Å². The van der Waals surface area contributed by atoms with Crippen LogP contribution >= 0.6 is 0 Å². The topological polar surface area (TPSA) is 65.0 Å². The summed E-state index contributed by atoms with van der Waals surface area (Å²) in [6.07, 6.45) is 11.6. The molecule has 0 radical (unpaired) electrons. The average molecular weight is 453 g/mol. The van der Waals surface area contributed by atoms with Crippen molar-refractivity contribution in [3.63, 3.8) is 0 Å². The summed E-state index contributed by atoms with van der Waals surface area (Å²) in [6.45, 7) is 15.8. The number of aliphatic hydroxyl groups excluding tert-OH is 1. The van der Waals surface area contributed by atoms with Gasteiger partial charge in [0.2, 0.25) is 8.32 Å². The molecule has 0 bridgehead atoms. The molecule has 6 heteroatoms. The lowest BCUT2D eigenvalue weighted by molar-refractivity contribution is -0.134. The minimum absolute atomic E-state index is 0.00689. The minimum Gasteiger partial charge on any atom is -0.466 e. The number of hydrogen-bond acceptors (Lipinski definition) is 5. The summed E-state index contributed by atoms with van der Waals surface area (Å²) in [5, 5.41) is 9.51. The summed E-state index contributed by atoms with van der Waals surface area (Å²) < 4.78 is 17.8. The van der Waals surface area contributed by atoms with Crippen molar-refractivity contribution in [3.8, 4) is 0 Å². The predicted molar refractivity (Wildman–Crippen MR) is 130 cm³/mol. The summed E-state index contributed by atoms with van der Waals surface area (Å²) >= 11 is 0. The third-order valence-electron chi connectivity index (χ3n) is 6.28. The summed E-state index contributed by atoms with van der Waals surface area (Å²) in [6, 6.07) is 0. The smallest absolute Gasteiger partial charge is 0.330 e. The highest BCUT2D eigenvalue weighted by molar-refractivity contribution is 6.77. The van der Waals surface area contributed by atoms with E-state index >= 15 is 0 Å². The van der Waals surface area contributed by atoms with Gasteiger partial charge < -0.3 is 19.0 Å². The number of methoxy groups -OCH3 is 1. The largest absolute Gasteiger partial charge is 0.466 e. The molecule has 0 aromatic carbocycles. The number of allylic oxidation sites excluding steroid dienone is 2. The molecule has 0 amide bonds. The van der Waals surface area contributed by atoms with Crippen LogP contribution in [0.3, 0.4) is 0 Å². The van der Waals surface area contributed by atoms with E-state index in [1.54, 1.807) is 6.08 Å². The molecule has 5 nitrogen and oxygen atoms in total. The molecule has 0 saturated heterocycles. The van der Waals surface area contributed by atoms with Gasteiger partial charge in [-0.15, -0.1) is 0 Å². The fourth-order valence-corrected chi connectivity index (χ4v) is 10.4. The third kappa shape index (κ3) is 8.33. The highest BCUT2D eigenvalue weighted by atomic mass is 28.4. The second-order valence-electron chi connectivity index (χ2n) is 9.48. The summed E-state index contributed by atoms with van der Waals surface area (Å²) in [5.41, 5.74) is 2.48. The lowest BCUT2D eigenvalue weighted by atomic mass is 10.0. The van der Waals surface area contributed by atoms with Crippen molar-refractivity contribution in [2.75, 3.05) is 13.7 Å². The normalized spacial score (nSPS) is 21.5. The monoisotopic (exact) mass is 452 g/mol. The quantitative estimate of drug-likeness (QED) is 0.135. The summed E-state index contributed by atoms with van der Waals surface area (Å²) in [7, 11) is -0.689. The van der Waals surface area contributed by atoms with Crippen LogP contribution in [0.25, 0.3) is 0 Å². The molecule has 1 aliphatic heterocycles. The lowest BCUT2D eigenvalue weighted by Gasteiger charge is -2.45. The molecule has 0 fully saturated rings. The second-order valence-corrected chi connectivity index (χ2v) is 14.9. The Bertz CT molecular complexity index is 614. The number of rotatable bonds is 12. The second kappa shape index (κ2) is 13.4. The van der Waals surface area contributed by atoms with E-state index < -0.39 is 8.32 Å². The van der Waals surface area contributed by atoms with Crippen LogP contribution in [-0.2, 0) is 18.7 Å². The Labute approximate surface area is 190 Å². The Morgan fingerprint density at radius 2 is 1.77 bits per heavy atom.